The first kappa shape index (κ1) is 14.8. The molecule has 1 amide bonds. The Morgan fingerprint density at radius 3 is 2.57 bits per heavy atom. The number of anilines is 1. The van der Waals surface area contributed by atoms with E-state index in [1.54, 1.807) is 24.3 Å². The highest BCUT2D eigenvalue weighted by atomic mass is 19.2. The molecule has 0 unspecified atom stereocenters. The summed E-state index contributed by atoms with van der Waals surface area (Å²) in [5.41, 5.74) is 5.82. The Bertz CT molecular complexity index is 630. The van der Waals surface area contributed by atoms with Gasteiger partial charge in [-0.15, -0.1) is 0 Å². The van der Waals surface area contributed by atoms with Gasteiger partial charge in [0.2, 0.25) is 0 Å². The summed E-state index contributed by atoms with van der Waals surface area (Å²) in [6.07, 6.45) is 0. The van der Waals surface area contributed by atoms with Gasteiger partial charge < -0.3 is 15.8 Å². The van der Waals surface area contributed by atoms with E-state index in [1.807, 2.05) is 0 Å². The zero-order valence-corrected chi connectivity index (χ0v) is 11.1. The van der Waals surface area contributed by atoms with Gasteiger partial charge in [0, 0.05) is 5.69 Å². The zero-order chi connectivity index (χ0) is 15.2. The Balaban J connectivity index is 1.82. The minimum atomic E-state index is -1.16. The standard InChI is InChI=1S/C15H14F2N2O2/c16-13-3-1-2-12(14(13)17)15(20)19-8-9-21-11-6-4-10(18)5-7-11/h1-7H,8-9,18H2,(H,19,20). The largest absolute Gasteiger partial charge is 0.492 e. The van der Waals surface area contributed by atoms with Crippen molar-refractivity contribution in [1.29, 1.82) is 0 Å². The minimum absolute atomic E-state index is 0.166. The maximum Gasteiger partial charge on any atom is 0.254 e. The molecular weight excluding hydrogens is 278 g/mol. The van der Waals surface area contributed by atoms with Crippen LogP contribution in [0.5, 0.6) is 5.75 Å². The lowest BCUT2D eigenvalue weighted by atomic mass is 10.2. The van der Waals surface area contributed by atoms with Crippen LogP contribution in [-0.4, -0.2) is 19.1 Å². The van der Waals surface area contributed by atoms with Crippen molar-refractivity contribution in [2.75, 3.05) is 18.9 Å². The lowest BCUT2D eigenvalue weighted by molar-refractivity contribution is 0.0942. The van der Waals surface area contributed by atoms with Gasteiger partial charge in [-0.2, -0.15) is 0 Å². The Kier molecular flexibility index (Phi) is 4.71. The number of rotatable bonds is 5. The highest BCUT2D eigenvalue weighted by molar-refractivity contribution is 5.94. The Hall–Kier alpha value is -2.63. The van der Waals surface area contributed by atoms with E-state index in [0.29, 0.717) is 11.4 Å². The predicted molar refractivity (Wildman–Crippen MR) is 75.0 cm³/mol. The van der Waals surface area contributed by atoms with Crippen LogP contribution in [0, 0.1) is 11.6 Å². The first-order valence-corrected chi connectivity index (χ1v) is 6.28. The van der Waals surface area contributed by atoms with Crippen molar-refractivity contribution >= 4 is 11.6 Å². The van der Waals surface area contributed by atoms with Crippen molar-refractivity contribution in [2.24, 2.45) is 0 Å². The lowest BCUT2D eigenvalue weighted by Gasteiger charge is -2.08. The molecule has 2 aromatic rings. The fourth-order valence-corrected chi connectivity index (χ4v) is 1.67. The van der Waals surface area contributed by atoms with Crippen molar-refractivity contribution in [1.82, 2.24) is 5.32 Å². The fraction of sp³-hybridized carbons (Fsp3) is 0.133. The van der Waals surface area contributed by atoms with E-state index in [0.717, 1.165) is 6.07 Å². The summed E-state index contributed by atoms with van der Waals surface area (Å²) in [5, 5.41) is 2.45. The molecule has 3 N–H and O–H groups in total. The smallest absolute Gasteiger partial charge is 0.254 e. The van der Waals surface area contributed by atoms with Crippen LogP contribution in [0.1, 0.15) is 10.4 Å². The molecule has 21 heavy (non-hydrogen) atoms. The average molecular weight is 292 g/mol. The molecule has 2 aromatic carbocycles. The van der Waals surface area contributed by atoms with E-state index in [2.05, 4.69) is 5.32 Å². The number of nitrogen functional groups attached to an aromatic ring is 1. The van der Waals surface area contributed by atoms with Gasteiger partial charge in [-0.3, -0.25) is 4.79 Å². The quantitative estimate of drug-likeness (QED) is 0.657. The summed E-state index contributed by atoms with van der Waals surface area (Å²) in [7, 11) is 0. The molecule has 0 aliphatic heterocycles. The summed E-state index contributed by atoms with van der Waals surface area (Å²) in [4.78, 5) is 11.7. The second-order valence-electron chi connectivity index (χ2n) is 4.27. The van der Waals surface area contributed by atoms with E-state index >= 15 is 0 Å². The van der Waals surface area contributed by atoms with Gasteiger partial charge in [0.1, 0.15) is 12.4 Å². The van der Waals surface area contributed by atoms with Gasteiger partial charge >= 0.3 is 0 Å². The Morgan fingerprint density at radius 2 is 1.86 bits per heavy atom. The monoisotopic (exact) mass is 292 g/mol. The molecule has 0 aliphatic carbocycles. The van der Waals surface area contributed by atoms with E-state index < -0.39 is 17.5 Å². The van der Waals surface area contributed by atoms with Crippen LogP contribution < -0.4 is 15.8 Å². The minimum Gasteiger partial charge on any atom is -0.492 e. The van der Waals surface area contributed by atoms with E-state index in [1.165, 1.54) is 12.1 Å². The molecule has 6 heteroatoms. The highest BCUT2D eigenvalue weighted by Crippen LogP contribution is 2.13. The number of hydrogen-bond donors (Lipinski definition) is 2. The highest BCUT2D eigenvalue weighted by Gasteiger charge is 2.14. The Labute approximate surface area is 120 Å². The lowest BCUT2D eigenvalue weighted by Crippen LogP contribution is -2.29. The molecule has 0 bridgehead atoms. The van der Waals surface area contributed by atoms with Gasteiger partial charge in [-0.25, -0.2) is 8.78 Å². The molecule has 0 aliphatic rings. The van der Waals surface area contributed by atoms with Crippen molar-refractivity contribution in [2.45, 2.75) is 0 Å². The molecule has 0 aromatic heterocycles. The normalized spacial score (nSPS) is 10.2. The molecule has 0 saturated heterocycles. The number of ether oxygens (including phenoxy) is 1. The molecular formula is C15H14F2N2O2. The van der Waals surface area contributed by atoms with Crippen LogP contribution >= 0.6 is 0 Å². The van der Waals surface area contributed by atoms with Crippen LogP contribution in [0.2, 0.25) is 0 Å². The zero-order valence-electron chi connectivity index (χ0n) is 11.1. The van der Waals surface area contributed by atoms with Crippen LogP contribution in [0.4, 0.5) is 14.5 Å². The molecule has 0 radical (unpaired) electrons. The second-order valence-corrected chi connectivity index (χ2v) is 4.27. The average Bonchev–Trinajstić information content (AvgIpc) is 2.48. The van der Waals surface area contributed by atoms with Gasteiger partial charge in [0.05, 0.1) is 12.1 Å². The van der Waals surface area contributed by atoms with Crippen LogP contribution in [-0.2, 0) is 0 Å². The number of nitrogens with one attached hydrogen (secondary N) is 1. The first-order valence-electron chi connectivity index (χ1n) is 6.28. The Morgan fingerprint density at radius 1 is 1.14 bits per heavy atom. The van der Waals surface area contributed by atoms with Gasteiger partial charge in [-0.05, 0) is 36.4 Å². The summed E-state index contributed by atoms with van der Waals surface area (Å²) in [6.45, 7) is 0.367. The number of carbonyl (C=O) groups excluding carboxylic acids is 1. The van der Waals surface area contributed by atoms with E-state index in [-0.39, 0.29) is 18.7 Å². The second kappa shape index (κ2) is 6.69. The van der Waals surface area contributed by atoms with E-state index in [9.17, 15) is 13.6 Å². The fourth-order valence-electron chi connectivity index (χ4n) is 1.67. The van der Waals surface area contributed by atoms with Gasteiger partial charge in [-0.1, -0.05) is 6.07 Å². The summed E-state index contributed by atoms with van der Waals surface area (Å²) in [6, 6.07) is 10.2. The number of amides is 1. The predicted octanol–water partition coefficient (Wildman–Crippen LogP) is 2.36. The van der Waals surface area contributed by atoms with Crippen molar-refractivity contribution in [3.63, 3.8) is 0 Å². The van der Waals surface area contributed by atoms with Crippen molar-refractivity contribution in [3.8, 4) is 5.75 Å². The molecule has 2 rings (SSSR count). The molecule has 110 valence electrons. The van der Waals surface area contributed by atoms with Gasteiger partial charge in [0.15, 0.2) is 11.6 Å². The maximum absolute atomic E-state index is 13.4. The summed E-state index contributed by atoms with van der Waals surface area (Å²) < 4.78 is 31.7. The number of halogens is 2. The van der Waals surface area contributed by atoms with Crippen LogP contribution in [0.25, 0.3) is 0 Å². The number of carbonyl (C=O) groups is 1. The molecule has 4 nitrogen and oxygen atoms in total. The maximum atomic E-state index is 13.4. The summed E-state index contributed by atoms with van der Waals surface area (Å²) >= 11 is 0. The summed E-state index contributed by atoms with van der Waals surface area (Å²) in [5.74, 6) is -2.29. The molecule has 0 saturated carbocycles. The van der Waals surface area contributed by atoms with Crippen molar-refractivity contribution in [3.05, 3.63) is 59.7 Å². The molecule has 0 atom stereocenters. The molecule has 0 heterocycles. The molecule has 0 fully saturated rings. The third kappa shape index (κ3) is 3.92. The van der Waals surface area contributed by atoms with E-state index in [4.69, 9.17) is 10.5 Å². The number of nitrogens with two attached hydrogens (primary N) is 1. The SMILES string of the molecule is Nc1ccc(OCCNC(=O)c2cccc(F)c2F)cc1. The number of hydrogen-bond acceptors (Lipinski definition) is 3. The van der Waals surface area contributed by atoms with Crippen LogP contribution in [0.15, 0.2) is 42.5 Å². The third-order valence-corrected chi connectivity index (χ3v) is 2.73. The first-order chi connectivity index (χ1) is 10.1. The topological polar surface area (TPSA) is 64.3 Å². The van der Waals surface area contributed by atoms with Gasteiger partial charge in [0.25, 0.3) is 5.91 Å². The van der Waals surface area contributed by atoms with Crippen LogP contribution in [0.3, 0.4) is 0 Å². The number of benzene rings is 2. The third-order valence-electron chi connectivity index (χ3n) is 2.73. The van der Waals surface area contributed by atoms with Crippen molar-refractivity contribution < 1.29 is 18.3 Å². The molecule has 0 spiro atoms.